The number of aromatic hydroxyl groups is 1. The van der Waals surface area contributed by atoms with E-state index in [-0.39, 0.29) is 23.7 Å². The summed E-state index contributed by atoms with van der Waals surface area (Å²) in [7, 11) is 1.70. The number of benzene rings is 1. The number of halogens is 1. The topological polar surface area (TPSA) is 57.9 Å². The number of methoxy groups -OCH3 is 1. The number of para-hydroxylation sites is 1. The van der Waals surface area contributed by atoms with Gasteiger partial charge in [-0.15, -0.1) is 0 Å². The van der Waals surface area contributed by atoms with Crippen molar-refractivity contribution in [2.24, 2.45) is 0 Å². The van der Waals surface area contributed by atoms with Crippen LogP contribution in [0.3, 0.4) is 0 Å². The average molecular weight is 466 g/mol. The van der Waals surface area contributed by atoms with E-state index >= 15 is 0 Å². The quantitative estimate of drug-likeness (QED) is 0.463. The van der Waals surface area contributed by atoms with Crippen LogP contribution in [0.1, 0.15) is 50.0 Å². The van der Waals surface area contributed by atoms with Crippen LogP contribution >= 0.6 is 16.1 Å². The Morgan fingerprint density at radius 2 is 2.10 bits per heavy atom. The Labute approximate surface area is 181 Å². The van der Waals surface area contributed by atoms with Crippen molar-refractivity contribution in [1.82, 2.24) is 13.4 Å². The lowest BCUT2D eigenvalue weighted by atomic mass is 10.0. The molecule has 2 heterocycles. The van der Waals surface area contributed by atoms with Gasteiger partial charge in [-0.25, -0.2) is 3.93 Å². The second-order valence-corrected chi connectivity index (χ2v) is 9.04. The Morgan fingerprint density at radius 1 is 1.34 bits per heavy atom. The molecule has 0 bridgehead atoms. The van der Waals surface area contributed by atoms with Gasteiger partial charge in [-0.1, -0.05) is 12.1 Å². The summed E-state index contributed by atoms with van der Waals surface area (Å²) in [5, 5.41) is 11.7. The molecule has 6 nitrogen and oxygen atoms in total. The maximum atomic E-state index is 13.8. The number of nitrogens with zero attached hydrogens (tertiary/aromatic N) is 3. The Morgan fingerprint density at radius 3 is 2.79 bits per heavy atom. The number of fused-ring (bicyclic) bond motifs is 1. The standard InChI is InChI=1S/C22H32BrN3O3/c1-16(2)26(17-9-8-12-24(23)15-17)22(28)20-21(27)18-10-4-5-11-19(18)25(20)13-6-7-14-29-3/h4-5,10-11,16-17,27H,6-9,12-15H2,1-3H3/t17-/m1/s1. The third-order valence-electron chi connectivity index (χ3n) is 5.66. The molecule has 160 valence electrons. The van der Waals surface area contributed by atoms with Crippen LogP contribution < -0.4 is 0 Å². The number of amides is 1. The molecule has 0 aliphatic carbocycles. The van der Waals surface area contributed by atoms with Gasteiger partial charge in [0.25, 0.3) is 5.91 Å². The predicted octanol–water partition coefficient (Wildman–Crippen LogP) is 4.40. The second-order valence-electron chi connectivity index (χ2n) is 8.04. The smallest absolute Gasteiger partial charge is 0.274 e. The van der Waals surface area contributed by atoms with E-state index < -0.39 is 0 Å². The lowest BCUT2D eigenvalue weighted by Gasteiger charge is -2.39. The van der Waals surface area contributed by atoms with Gasteiger partial charge >= 0.3 is 0 Å². The molecule has 3 rings (SSSR count). The maximum Gasteiger partial charge on any atom is 0.274 e. The van der Waals surface area contributed by atoms with Gasteiger partial charge in [0, 0.05) is 67.0 Å². The number of unbranched alkanes of at least 4 members (excludes halogenated alkanes) is 1. The number of ether oxygens (including phenoxy) is 1. The SMILES string of the molecule is COCCCCn1c(C(=O)N(C(C)C)[C@@H]2CCCN(Br)C2)c(O)c2ccccc21. The van der Waals surface area contributed by atoms with E-state index in [2.05, 4.69) is 20.1 Å². The van der Waals surface area contributed by atoms with Crippen molar-refractivity contribution in [2.75, 3.05) is 26.8 Å². The minimum absolute atomic E-state index is 0.0471. The number of aromatic nitrogens is 1. The van der Waals surface area contributed by atoms with Crippen LogP contribution in [-0.2, 0) is 11.3 Å². The van der Waals surface area contributed by atoms with Crippen molar-refractivity contribution in [3.63, 3.8) is 0 Å². The van der Waals surface area contributed by atoms with Crippen LogP contribution in [-0.4, -0.2) is 63.3 Å². The van der Waals surface area contributed by atoms with Crippen LogP contribution in [0.4, 0.5) is 0 Å². The molecule has 29 heavy (non-hydrogen) atoms. The molecular formula is C22H32BrN3O3. The number of carbonyl (C=O) groups is 1. The fourth-order valence-electron chi connectivity index (χ4n) is 4.33. The summed E-state index contributed by atoms with van der Waals surface area (Å²) in [4.78, 5) is 15.7. The van der Waals surface area contributed by atoms with Crippen LogP contribution in [0.25, 0.3) is 10.9 Å². The van der Waals surface area contributed by atoms with Crippen LogP contribution in [0.5, 0.6) is 5.75 Å². The van der Waals surface area contributed by atoms with Crippen LogP contribution in [0, 0.1) is 0 Å². The van der Waals surface area contributed by atoms with Crippen molar-refractivity contribution in [3.05, 3.63) is 30.0 Å². The zero-order valence-electron chi connectivity index (χ0n) is 17.6. The molecular weight excluding hydrogens is 434 g/mol. The van der Waals surface area contributed by atoms with Gasteiger partial charge < -0.3 is 19.3 Å². The third-order valence-corrected chi connectivity index (χ3v) is 6.30. The number of aryl methyl sites for hydroxylation is 1. The summed E-state index contributed by atoms with van der Waals surface area (Å²) in [5.41, 5.74) is 1.31. The molecule has 1 saturated heterocycles. The molecule has 0 saturated carbocycles. The first kappa shape index (κ1) is 22.1. The maximum absolute atomic E-state index is 13.8. The Hall–Kier alpha value is -1.57. The van der Waals surface area contributed by atoms with Crippen LogP contribution in [0.15, 0.2) is 24.3 Å². The molecule has 1 atom stereocenters. The number of hydrogen-bond donors (Lipinski definition) is 1. The summed E-state index contributed by atoms with van der Waals surface area (Å²) in [6, 6.07) is 7.87. The molecule has 0 unspecified atom stereocenters. The van der Waals surface area contributed by atoms with Gasteiger partial charge in [-0.3, -0.25) is 4.79 Å². The number of piperidine rings is 1. The summed E-state index contributed by atoms with van der Waals surface area (Å²) in [6.07, 6.45) is 3.80. The van der Waals surface area contributed by atoms with Crippen molar-refractivity contribution in [1.29, 1.82) is 0 Å². The highest BCUT2D eigenvalue weighted by molar-refractivity contribution is 9.07. The zero-order valence-corrected chi connectivity index (χ0v) is 19.2. The fourth-order valence-corrected chi connectivity index (χ4v) is 4.92. The highest BCUT2D eigenvalue weighted by Gasteiger charge is 2.34. The highest BCUT2D eigenvalue weighted by Crippen LogP contribution is 2.35. The van der Waals surface area contributed by atoms with E-state index in [1.54, 1.807) is 7.11 Å². The highest BCUT2D eigenvalue weighted by atomic mass is 79.9. The Bertz CT molecular complexity index is 836. The van der Waals surface area contributed by atoms with Crippen molar-refractivity contribution in [2.45, 2.75) is 58.2 Å². The molecule has 7 heteroatoms. The zero-order chi connectivity index (χ0) is 21.0. The number of rotatable bonds is 8. The lowest BCUT2D eigenvalue weighted by Crippen LogP contribution is -2.51. The van der Waals surface area contributed by atoms with Gasteiger partial charge in [0.05, 0.1) is 5.52 Å². The molecule has 1 aromatic heterocycles. The van der Waals surface area contributed by atoms with Crippen LogP contribution in [0.2, 0.25) is 0 Å². The molecule has 0 spiro atoms. The first-order valence-corrected chi connectivity index (χ1v) is 11.2. The fraction of sp³-hybridized carbons (Fsp3) is 0.591. The normalized spacial score (nSPS) is 17.9. The molecule has 0 radical (unpaired) electrons. The van der Waals surface area contributed by atoms with Gasteiger partial charge in [-0.05, 0) is 51.7 Å². The van der Waals surface area contributed by atoms with Crippen molar-refractivity contribution >= 4 is 33.0 Å². The monoisotopic (exact) mass is 465 g/mol. The number of hydrogen-bond acceptors (Lipinski definition) is 4. The predicted molar refractivity (Wildman–Crippen MR) is 120 cm³/mol. The Kier molecular flexibility index (Phi) is 7.60. The summed E-state index contributed by atoms with van der Waals surface area (Å²) >= 11 is 3.59. The van der Waals surface area contributed by atoms with Gasteiger partial charge in [0.1, 0.15) is 0 Å². The molecule has 1 aromatic carbocycles. The van der Waals surface area contributed by atoms with Crippen molar-refractivity contribution < 1.29 is 14.6 Å². The van der Waals surface area contributed by atoms with Crippen molar-refractivity contribution in [3.8, 4) is 5.75 Å². The Balaban J connectivity index is 1.99. The summed E-state index contributed by atoms with van der Waals surface area (Å²) in [5.74, 6) is 0.00254. The largest absolute Gasteiger partial charge is 0.505 e. The first-order valence-electron chi connectivity index (χ1n) is 10.5. The summed E-state index contributed by atoms with van der Waals surface area (Å²) < 4.78 is 9.26. The van der Waals surface area contributed by atoms with Gasteiger partial charge in [0.15, 0.2) is 11.4 Å². The third kappa shape index (κ3) is 4.78. The average Bonchev–Trinajstić information content (AvgIpc) is 2.97. The van der Waals surface area contributed by atoms with E-state index in [0.717, 1.165) is 49.7 Å². The van der Waals surface area contributed by atoms with E-state index in [1.807, 2.05) is 47.6 Å². The van der Waals surface area contributed by atoms with E-state index in [9.17, 15) is 9.90 Å². The minimum Gasteiger partial charge on any atom is -0.505 e. The number of carbonyl (C=O) groups excluding carboxylic acids is 1. The van der Waals surface area contributed by atoms with E-state index in [4.69, 9.17) is 4.74 Å². The summed E-state index contributed by atoms with van der Waals surface area (Å²) in [6.45, 7) is 7.24. The molecule has 1 aliphatic rings. The lowest BCUT2D eigenvalue weighted by molar-refractivity contribution is 0.0524. The molecule has 1 fully saturated rings. The van der Waals surface area contributed by atoms with E-state index in [0.29, 0.717) is 18.8 Å². The molecule has 1 amide bonds. The molecule has 2 aromatic rings. The van der Waals surface area contributed by atoms with Gasteiger partial charge in [-0.2, -0.15) is 0 Å². The first-order chi connectivity index (χ1) is 14.0. The molecule has 1 aliphatic heterocycles. The minimum atomic E-state index is -0.0896. The van der Waals surface area contributed by atoms with E-state index in [1.165, 1.54) is 0 Å². The molecule has 1 N–H and O–H groups in total. The second kappa shape index (κ2) is 9.96. The van der Waals surface area contributed by atoms with Gasteiger partial charge in [0.2, 0.25) is 0 Å².